The van der Waals surface area contributed by atoms with E-state index in [1.54, 1.807) is 11.2 Å². The van der Waals surface area contributed by atoms with Crippen LogP contribution >= 0.6 is 0 Å². The molecule has 24 heavy (non-hydrogen) atoms. The summed E-state index contributed by atoms with van der Waals surface area (Å²) in [6.45, 7) is 6.07. The van der Waals surface area contributed by atoms with Crippen molar-refractivity contribution in [2.75, 3.05) is 20.1 Å². The highest BCUT2D eigenvalue weighted by molar-refractivity contribution is 5.78. The van der Waals surface area contributed by atoms with E-state index >= 15 is 0 Å². The Morgan fingerprint density at radius 2 is 2.25 bits per heavy atom. The van der Waals surface area contributed by atoms with Gasteiger partial charge in [0.2, 0.25) is 5.91 Å². The zero-order valence-corrected chi connectivity index (χ0v) is 15.0. The van der Waals surface area contributed by atoms with E-state index in [4.69, 9.17) is 4.42 Å². The van der Waals surface area contributed by atoms with Crippen molar-refractivity contribution in [3.05, 3.63) is 41.1 Å². The number of amides is 1. The lowest BCUT2D eigenvalue weighted by Crippen LogP contribution is -2.38. The summed E-state index contributed by atoms with van der Waals surface area (Å²) in [7, 11) is 3.81. The van der Waals surface area contributed by atoms with Crippen LogP contribution in [0.2, 0.25) is 0 Å². The molecule has 0 aromatic carbocycles. The number of hydrogen-bond acceptors (Lipinski definition) is 4. The van der Waals surface area contributed by atoms with Crippen LogP contribution in [0.3, 0.4) is 0 Å². The van der Waals surface area contributed by atoms with Crippen LogP contribution in [0.5, 0.6) is 0 Å². The highest BCUT2D eigenvalue weighted by Crippen LogP contribution is 2.35. The van der Waals surface area contributed by atoms with E-state index < -0.39 is 0 Å². The number of furan rings is 1. The lowest BCUT2D eigenvalue weighted by molar-refractivity contribution is -0.132. The third kappa shape index (κ3) is 3.24. The van der Waals surface area contributed by atoms with Gasteiger partial charge in [-0.3, -0.25) is 14.4 Å². The molecule has 1 atom stereocenters. The number of aromatic nitrogens is 2. The molecule has 0 unspecified atom stereocenters. The van der Waals surface area contributed by atoms with Gasteiger partial charge in [-0.25, -0.2) is 0 Å². The second-order valence-electron chi connectivity index (χ2n) is 6.67. The van der Waals surface area contributed by atoms with Crippen LogP contribution < -0.4 is 0 Å². The zero-order chi connectivity index (χ0) is 17.3. The number of aryl methyl sites for hydroxylation is 2. The van der Waals surface area contributed by atoms with Gasteiger partial charge < -0.3 is 9.32 Å². The molecule has 6 nitrogen and oxygen atoms in total. The summed E-state index contributed by atoms with van der Waals surface area (Å²) in [6, 6.07) is 4.03. The standard InChI is InChI=1S/C18H26N4O2/c1-13-18(14(2)21(4)19-13)16-8-5-9-22(16)12-17(23)20(3)11-15-7-6-10-24-15/h6-7,10,16H,5,8-9,11-12H2,1-4H3/t16-/m1/s1. The van der Waals surface area contributed by atoms with Gasteiger partial charge in [0, 0.05) is 31.4 Å². The Morgan fingerprint density at radius 1 is 1.46 bits per heavy atom. The molecule has 130 valence electrons. The van der Waals surface area contributed by atoms with Gasteiger partial charge in [-0.1, -0.05) is 0 Å². The minimum atomic E-state index is 0.123. The summed E-state index contributed by atoms with van der Waals surface area (Å²) in [5.41, 5.74) is 3.56. The Hall–Kier alpha value is -2.08. The van der Waals surface area contributed by atoms with Gasteiger partial charge >= 0.3 is 0 Å². The van der Waals surface area contributed by atoms with E-state index in [0.717, 1.165) is 30.8 Å². The summed E-state index contributed by atoms with van der Waals surface area (Å²) < 4.78 is 7.27. The summed E-state index contributed by atoms with van der Waals surface area (Å²) >= 11 is 0. The fourth-order valence-corrected chi connectivity index (χ4v) is 3.63. The molecule has 0 aliphatic carbocycles. The van der Waals surface area contributed by atoms with Crippen molar-refractivity contribution in [2.24, 2.45) is 7.05 Å². The number of hydrogen-bond donors (Lipinski definition) is 0. The highest BCUT2D eigenvalue weighted by atomic mass is 16.3. The van der Waals surface area contributed by atoms with Crippen LogP contribution in [-0.2, 0) is 18.4 Å². The number of rotatable bonds is 5. The second-order valence-corrected chi connectivity index (χ2v) is 6.67. The van der Waals surface area contributed by atoms with Crippen LogP contribution in [0.1, 0.15) is 41.6 Å². The third-order valence-corrected chi connectivity index (χ3v) is 5.00. The van der Waals surface area contributed by atoms with Crippen molar-refractivity contribution >= 4 is 5.91 Å². The first kappa shape index (κ1) is 16.8. The topological polar surface area (TPSA) is 54.5 Å². The summed E-state index contributed by atoms with van der Waals surface area (Å²) in [5.74, 6) is 0.931. The minimum Gasteiger partial charge on any atom is -0.467 e. The predicted molar refractivity (Wildman–Crippen MR) is 91.4 cm³/mol. The maximum atomic E-state index is 12.6. The smallest absolute Gasteiger partial charge is 0.236 e. The molecule has 1 saturated heterocycles. The Kier molecular flexibility index (Phi) is 4.76. The number of carbonyl (C=O) groups excluding carboxylic acids is 1. The van der Waals surface area contributed by atoms with Crippen LogP contribution in [0.15, 0.2) is 22.8 Å². The van der Waals surface area contributed by atoms with Gasteiger partial charge in [0.05, 0.1) is 25.0 Å². The number of nitrogens with zero attached hydrogens (tertiary/aromatic N) is 4. The van der Waals surface area contributed by atoms with Gasteiger partial charge in [-0.05, 0) is 45.4 Å². The first-order valence-corrected chi connectivity index (χ1v) is 8.48. The van der Waals surface area contributed by atoms with Crippen molar-refractivity contribution in [2.45, 2.75) is 39.3 Å². The molecular formula is C18H26N4O2. The maximum Gasteiger partial charge on any atom is 0.236 e. The van der Waals surface area contributed by atoms with Gasteiger partial charge in [0.15, 0.2) is 0 Å². The fraction of sp³-hybridized carbons (Fsp3) is 0.556. The van der Waals surface area contributed by atoms with Crippen LogP contribution in [-0.4, -0.2) is 45.6 Å². The van der Waals surface area contributed by atoms with Gasteiger partial charge in [-0.2, -0.15) is 5.10 Å². The van der Waals surface area contributed by atoms with E-state index in [0.29, 0.717) is 19.1 Å². The van der Waals surface area contributed by atoms with Crippen molar-refractivity contribution in [1.82, 2.24) is 19.6 Å². The fourth-order valence-electron chi connectivity index (χ4n) is 3.63. The monoisotopic (exact) mass is 330 g/mol. The van der Waals surface area contributed by atoms with Crippen molar-refractivity contribution < 1.29 is 9.21 Å². The molecule has 0 N–H and O–H groups in total. The molecule has 1 aliphatic heterocycles. The van der Waals surface area contributed by atoms with E-state index in [1.165, 1.54) is 11.3 Å². The molecule has 0 saturated carbocycles. The Balaban J connectivity index is 1.68. The molecular weight excluding hydrogens is 304 g/mol. The predicted octanol–water partition coefficient (Wildman–Crippen LogP) is 2.43. The molecule has 3 rings (SSSR count). The summed E-state index contributed by atoms with van der Waals surface area (Å²) in [5, 5.41) is 4.54. The van der Waals surface area contributed by atoms with Crippen LogP contribution in [0, 0.1) is 13.8 Å². The highest BCUT2D eigenvalue weighted by Gasteiger charge is 2.32. The Morgan fingerprint density at radius 3 is 2.88 bits per heavy atom. The Bertz CT molecular complexity index is 705. The largest absolute Gasteiger partial charge is 0.467 e. The van der Waals surface area contributed by atoms with E-state index in [2.05, 4.69) is 23.8 Å². The molecule has 6 heteroatoms. The lowest BCUT2D eigenvalue weighted by atomic mass is 10.0. The molecule has 0 radical (unpaired) electrons. The third-order valence-electron chi connectivity index (χ3n) is 5.00. The average Bonchev–Trinajstić information content (AvgIpc) is 3.23. The quantitative estimate of drug-likeness (QED) is 0.845. The maximum absolute atomic E-state index is 12.6. The van der Waals surface area contributed by atoms with Gasteiger partial charge in [-0.15, -0.1) is 0 Å². The number of likely N-dealkylation sites (tertiary alicyclic amines) is 1. The molecule has 1 amide bonds. The number of carbonyl (C=O) groups is 1. The zero-order valence-electron chi connectivity index (χ0n) is 15.0. The van der Waals surface area contributed by atoms with Crippen molar-refractivity contribution in [3.8, 4) is 0 Å². The van der Waals surface area contributed by atoms with Gasteiger partial charge in [0.25, 0.3) is 0 Å². The van der Waals surface area contributed by atoms with Gasteiger partial charge in [0.1, 0.15) is 5.76 Å². The second kappa shape index (κ2) is 6.81. The van der Waals surface area contributed by atoms with Crippen molar-refractivity contribution in [3.63, 3.8) is 0 Å². The molecule has 1 fully saturated rings. The SMILES string of the molecule is Cc1nn(C)c(C)c1[C@H]1CCCN1CC(=O)N(C)Cc1ccco1. The minimum absolute atomic E-state index is 0.123. The summed E-state index contributed by atoms with van der Waals surface area (Å²) in [4.78, 5) is 16.6. The first-order valence-electron chi connectivity index (χ1n) is 8.48. The van der Waals surface area contributed by atoms with E-state index in [9.17, 15) is 4.79 Å². The molecule has 2 aromatic heterocycles. The van der Waals surface area contributed by atoms with Crippen molar-refractivity contribution in [1.29, 1.82) is 0 Å². The van der Waals surface area contributed by atoms with Crippen LogP contribution in [0.25, 0.3) is 0 Å². The molecule has 0 spiro atoms. The van der Waals surface area contributed by atoms with E-state index in [-0.39, 0.29) is 5.91 Å². The van der Waals surface area contributed by atoms with E-state index in [1.807, 2.05) is 30.9 Å². The Labute approximate surface area is 143 Å². The average molecular weight is 330 g/mol. The lowest BCUT2D eigenvalue weighted by Gasteiger charge is -2.26. The molecule has 2 aromatic rings. The molecule has 3 heterocycles. The molecule has 1 aliphatic rings. The normalized spacial score (nSPS) is 18.2. The van der Waals surface area contributed by atoms with Crippen LogP contribution in [0.4, 0.5) is 0 Å². The number of likely N-dealkylation sites (N-methyl/N-ethyl adjacent to an activating group) is 1. The molecule has 0 bridgehead atoms. The summed E-state index contributed by atoms with van der Waals surface area (Å²) in [6.07, 6.45) is 3.84. The first-order chi connectivity index (χ1) is 11.5.